The van der Waals surface area contributed by atoms with Crippen LogP contribution in [0.15, 0.2) is 204 Å². The van der Waals surface area contributed by atoms with Crippen LogP contribution in [0.2, 0.25) is 0 Å². The molecule has 1 unspecified atom stereocenters. The van der Waals surface area contributed by atoms with Crippen molar-refractivity contribution in [3.8, 4) is 22.6 Å². The molecule has 71 heavy (non-hydrogen) atoms. The van der Waals surface area contributed by atoms with E-state index in [1.165, 1.54) is 50.1 Å². The Morgan fingerprint density at radius 3 is 1.28 bits per heavy atom. The van der Waals surface area contributed by atoms with Crippen molar-refractivity contribution in [1.82, 2.24) is 0 Å². The number of fused-ring (bicyclic) bond motifs is 2. The molecule has 0 saturated heterocycles. The van der Waals surface area contributed by atoms with Gasteiger partial charge in [0.1, 0.15) is 11.5 Å². The Bertz CT molecular complexity index is 3320. The molecule has 0 spiro atoms. The number of hydrogen-bond donors (Lipinski definition) is 0. The van der Waals surface area contributed by atoms with Crippen molar-refractivity contribution in [2.24, 2.45) is 9.98 Å². The van der Waals surface area contributed by atoms with E-state index in [2.05, 4.69) is 228 Å². The molecule has 8 aromatic rings. The molecule has 0 fully saturated rings. The van der Waals surface area contributed by atoms with E-state index in [9.17, 15) is 0 Å². The molecule has 2 heterocycles. The van der Waals surface area contributed by atoms with E-state index in [1.54, 1.807) is 14.2 Å². The van der Waals surface area contributed by atoms with Crippen LogP contribution >= 0.6 is 0 Å². The SMILES string of the molecule is COc1ccc2c(c1)N=C(/C=C/c1ccc(C(Cc3ccc(-c4ccc(N(c5ccc(C)cc5)c5ccc(/C=C/C6=Nc7cc(OC)ccc7C6(C)C)cc5)cc4)cc3)c3ccc(C)cc3)cc1)C2(C)C. The number of allylic oxidation sites excluding steroid dienone is 2. The zero-order valence-electron chi connectivity index (χ0n) is 42.1. The number of ether oxygens (including phenoxy) is 2. The van der Waals surface area contributed by atoms with Gasteiger partial charge in [0.2, 0.25) is 0 Å². The minimum absolute atomic E-state index is 0.182. The highest BCUT2D eigenvalue weighted by Crippen LogP contribution is 2.44. The van der Waals surface area contributed by atoms with Gasteiger partial charge >= 0.3 is 0 Å². The first kappa shape index (κ1) is 46.7. The molecule has 0 amide bonds. The van der Waals surface area contributed by atoms with Gasteiger partial charge in [0, 0.05) is 45.9 Å². The molecular formula is C66H61N3O2. The molecule has 0 aliphatic carbocycles. The summed E-state index contributed by atoms with van der Waals surface area (Å²) >= 11 is 0. The number of hydrogen-bond acceptors (Lipinski definition) is 5. The van der Waals surface area contributed by atoms with Crippen molar-refractivity contribution in [3.05, 3.63) is 244 Å². The van der Waals surface area contributed by atoms with Crippen molar-refractivity contribution >= 4 is 52.0 Å². The third kappa shape index (κ3) is 9.65. The Morgan fingerprint density at radius 1 is 0.451 bits per heavy atom. The lowest BCUT2D eigenvalue weighted by atomic mass is 9.81. The van der Waals surface area contributed by atoms with Crippen LogP contribution < -0.4 is 14.4 Å². The van der Waals surface area contributed by atoms with Gasteiger partial charge in [-0.15, -0.1) is 0 Å². The quantitative estimate of drug-likeness (QED) is 0.109. The summed E-state index contributed by atoms with van der Waals surface area (Å²) in [5, 5.41) is 0. The molecule has 0 bridgehead atoms. The summed E-state index contributed by atoms with van der Waals surface area (Å²) in [6, 6.07) is 66.0. The lowest BCUT2D eigenvalue weighted by molar-refractivity contribution is 0.414. The largest absolute Gasteiger partial charge is 0.497 e. The number of anilines is 3. The second kappa shape index (κ2) is 19.4. The van der Waals surface area contributed by atoms with Gasteiger partial charge in [-0.05, 0) is 131 Å². The summed E-state index contributed by atoms with van der Waals surface area (Å²) < 4.78 is 10.9. The summed E-state index contributed by atoms with van der Waals surface area (Å²) in [6.07, 6.45) is 9.55. The smallest absolute Gasteiger partial charge is 0.121 e. The fraction of sp³-hybridized carbons (Fsp3) is 0.182. The Morgan fingerprint density at radius 2 is 0.831 bits per heavy atom. The van der Waals surface area contributed by atoms with Gasteiger partial charge in [0.05, 0.1) is 37.0 Å². The van der Waals surface area contributed by atoms with Crippen LogP contribution in [0.25, 0.3) is 23.3 Å². The minimum Gasteiger partial charge on any atom is -0.497 e. The first-order chi connectivity index (χ1) is 34.4. The highest BCUT2D eigenvalue weighted by atomic mass is 16.5. The molecule has 5 nitrogen and oxygen atoms in total. The van der Waals surface area contributed by atoms with Crippen LogP contribution in [0.5, 0.6) is 11.5 Å². The van der Waals surface area contributed by atoms with Gasteiger partial charge in [0.15, 0.2) is 0 Å². The highest BCUT2D eigenvalue weighted by molar-refractivity contribution is 6.11. The second-order valence-electron chi connectivity index (χ2n) is 20.0. The van der Waals surface area contributed by atoms with Gasteiger partial charge in [0.25, 0.3) is 0 Å². The van der Waals surface area contributed by atoms with Crippen molar-refractivity contribution in [2.45, 2.75) is 64.7 Å². The summed E-state index contributed by atoms with van der Waals surface area (Å²) in [5.74, 6) is 1.85. The van der Waals surface area contributed by atoms with E-state index < -0.39 is 0 Å². The van der Waals surface area contributed by atoms with Crippen LogP contribution in [0, 0.1) is 13.8 Å². The number of aliphatic imine (C=N–C) groups is 2. The van der Waals surface area contributed by atoms with E-state index >= 15 is 0 Å². The fourth-order valence-electron chi connectivity index (χ4n) is 9.99. The van der Waals surface area contributed by atoms with Crippen LogP contribution in [0.4, 0.5) is 28.4 Å². The second-order valence-corrected chi connectivity index (χ2v) is 20.0. The van der Waals surface area contributed by atoms with Gasteiger partial charge in [-0.3, -0.25) is 9.98 Å². The normalized spacial score (nSPS) is 14.8. The Kier molecular flexibility index (Phi) is 12.8. The molecule has 2 aliphatic rings. The Balaban J connectivity index is 0.851. The van der Waals surface area contributed by atoms with Crippen LogP contribution in [-0.2, 0) is 17.3 Å². The predicted octanol–water partition coefficient (Wildman–Crippen LogP) is 17.0. The molecule has 5 heteroatoms. The number of aryl methyl sites for hydroxylation is 2. The Hall–Kier alpha value is -8.02. The highest BCUT2D eigenvalue weighted by Gasteiger charge is 2.35. The van der Waals surface area contributed by atoms with E-state index in [0.717, 1.165) is 68.9 Å². The number of nitrogens with zero attached hydrogens (tertiary/aromatic N) is 3. The maximum absolute atomic E-state index is 5.47. The standard InChI is InChI=1S/C66H61N3O2/c1-44-9-21-51(22-10-44)58(52-25-13-46(14-26-52)19-39-63-65(3,4)59-37-35-56(70-7)42-61(59)67-63)41-48-15-23-49(24-16-48)50-27-33-55(34-28-50)69(53-29-11-45(2)12-30-53)54-31-17-47(18-32-54)20-40-64-66(5,6)60-38-36-57(71-8)43-62(60)68-64/h9-40,42-43,58H,41H2,1-8H3/b39-19+,40-20+. The molecule has 0 aromatic heterocycles. The molecular weight excluding hydrogens is 867 g/mol. The number of rotatable bonds is 14. The molecule has 0 N–H and O–H groups in total. The van der Waals surface area contributed by atoms with Gasteiger partial charge in [-0.2, -0.15) is 0 Å². The lowest BCUT2D eigenvalue weighted by Crippen LogP contribution is -2.23. The monoisotopic (exact) mass is 927 g/mol. The average Bonchev–Trinajstić information content (AvgIpc) is 3.81. The molecule has 0 saturated carbocycles. The van der Waals surface area contributed by atoms with Crippen molar-refractivity contribution in [1.29, 1.82) is 0 Å². The summed E-state index contributed by atoms with van der Waals surface area (Å²) in [4.78, 5) is 12.3. The fourth-order valence-corrected chi connectivity index (χ4v) is 9.99. The molecule has 1 atom stereocenters. The first-order valence-corrected chi connectivity index (χ1v) is 24.6. The minimum atomic E-state index is -0.193. The molecule has 2 aliphatic heterocycles. The van der Waals surface area contributed by atoms with Crippen molar-refractivity contribution < 1.29 is 9.47 Å². The van der Waals surface area contributed by atoms with Gasteiger partial charge in [-0.25, -0.2) is 0 Å². The van der Waals surface area contributed by atoms with Crippen LogP contribution in [0.3, 0.4) is 0 Å². The summed E-state index contributed by atoms with van der Waals surface area (Å²) in [7, 11) is 3.39. The Labute approximate surface area is 420 Å². The number of benzene rings is 8. The topological polar surface area (TPSA) is 46.4 Å². The lowest BCUT2D eigenvalue weighted by Gasteiger charge is -2.26. The zero-order valence-corrected chi connectivity index (χ0v) is 42.1. The molecule has 10 rings (SSSR count). The van der Waals surface area contributed by atoms with Gasteiger partial charge in [-0.1, -0.05) is 172 Å². The van der Waals surface area contributed by atoms with E-state index in [4.69, 9.17) is 19.5 Å². The van der Waals surface area contributed by atoms with E-state index in [1.807, 2.05) is 24.3 Å². The van der Waals surface area contributed by atoms with Gasteiger partial charge < -0.3 is 14.4 Å². The molecule has 0 radical (unpaired) electrons. The molecule has 352 valence electrons. The maximum atomic E-state index is 5.47. The van der Waals surface area contributed by atoms with Crippen molar-refractivity contribution in [3.63, 3.8) is 0 Å². The van der Waals surface area contributed by atoms with E-state index in [-0.39, 0.29) is 16.7 Å². The average molecular weight is 928 g/mol. The first-order valence-electron chi connectivity index (χ1n) is 24.6. The van der Waals surface area contributed by atoms with Crippen LogP contribution in [0.1, 0.15) is 83.7 Å². The summed E-state index contributed by atoms with van der Waals surface area (Å²) in [5.41, 5.74) is 20.4. The van der Waals surface area contributed by atoms with E-state index in [0.29, 0.717) is 0 Å². The third-order valence-corrected chi connectivity index (χ3v) is 14.5. The van der Waals surface area contributed by atoms with Crippen LogP contribution in [-0.4, -0.2) is 25.6 Å². The molecule has 8 aromatic carbocycles. The summed E-state index contributed by atoms with van der Waals surface area (Å²) in [6.45, 7) is 13.2. The third-order valence-electron chi connectivity index (χ3n) is 14.5. The predicted molar refractivity (Wildman–Crippen MR) is 299 cm³/mol. The van der Waals surface area contributed by atoms with Crippen molar-refractivity contribution in [2.75, 3.05) is 19.1 Å². The number of methoxy groups -OCH3 is 2. The zero-order chi connectivity index (χ0) is 49.3. The maximum Gasteiger partial charge on any atom is 0.121 e.